The fourth-order valence-corrected chi connectivity index (χ4v) is 1.34. The molecule has 18 heavy (non-hydrogen) atoms. The minimum absolute atomic E-state index is 0.0509. The van der Waals surface area contributed by atoms with Gasteiger partial charge < -0.3 is 20.7 Å². The molecule has 2 aromatic heterocycles. The van der Waals surface area contributed by atoms with E-state index in [2.05, 4.69) is 20.4 Å². The predicted octanol–water partition coefficient (Wildman–Crippen LogP) is 0.400. The van der Waals surface area contributed by atoms with Gasteiger partial charge in [-0.05, 0) is 6.07 Å². The van der Waals surface area contributed by atoms with E-state index in [1.807, 2.05) is 0 Å². The van der Waals surface area contributed by atoms with Crippen LogP contribution in [0.1, 0.15) is 16.2 Å². The number of hydrogen-bond acceptors (Lipinski definition) is 7. The Morgan fingerprint density at radius 1 is 1.50 bits per heavy atom. The fraction of sp³-hybridized carbons (Fsp3) is 0.200. The van der Waals surface area contributed by atoms with Crippen molar-refractivity contribution < 1.29 is 14.4 Å². The third-order valence-electron chi connectivity index (χ3n) is 2.20. The van der Waals surface area contributed by atoms with Gasteiger partial charge in [0.2, 0.25) is 5.89 Å². The van der Waals surface area contributed by atoms with Crippen LogP contribution in [0.5, 0.6) is 0 Å². The molecule has 0 spiro atoms. The van der Waals surface area contributed by atoms with Crippen LogP contribution in [0.4, 0.5) is 11.5 Å². The molecule has 2 heterocycles. The van der Waals surface area contributed by atoms with Crippen LogP contribution in [-0.2, 0) is 6.42 Å². The lowest BCUT2D eigenvalue weighted by atomic mass is 10.2. The third-order valence-corrected chi connectivity index (χ3v) is 2.20. The van der Waals surface area contributed by atoms with Crippen LogP contribution in [0.25, 0.3) is 0 Å². The highest BCUT2D eigenvalue weighted by Crippen LogP contribution is 2.16. The number of rotatable bonds is 5. The molecular weight excluding hydrogens is 238 g/mol. The molecule has 0 bridgehead atoms. The van der Waals surface area contributed by atoms with Crippen molar-refractivity contribution in [2.45, 2.75) is 6.42 Å². The van der Waals surface area contributed by atoms with E-state index in [0.29, 0.717) is 24.7 Å². The maximum absolute atomic E-state index is 10.7. The summed E-state index contributed by atoms with van der Waals surface area (Å²) >= 11 is 0. The first kappa shape index (κ1) is 11.8. The van der Waals surface area contributed by atoms with Crippen LogP contribution in [-0.4, -0.2) is 32.7 Å². The van der Waals surface area contributed by atoms with Gasteiger partial charge in [-0.15, -0.1) is 0 Å². The molecule has 2 aromatic rings. The van der Waals surface area contributed by atoms with E-state index in [1.165, 1.54) is 18.6 Å². The lowest BCUT2D eigenvalue weighted by molar-refractivity contribution is 0.0696. The molecule has 8 nitrogen and oxygen atoms in total. The molecule has 0 atom stereocenters. The van der Waals surface area contributed by atoms with E-state index in [9.17, 15) is 4.79 Å². The molecule has 0 aliphatic rings. The van der Waals surface area contributed by atoms with E-state index in [-0.39, 0.29) is 11.3 Å². The van der Waals surface area contributed by atoms with Gasteiger partial charge in [-0.3, -0.25) is 0 Å². The molecule has 0 unspecified atom stereocenters. The maximum Gasteiger partial charge on any atom is 0.337 e. The van der Waals surface area contributed by atoms with Crippen molar-refractivity contribution in [3.05, 3.63) is 30.0 Å². The molecule has 0 amide bonds. The number of pyridine rings is 1. The molecule has 0 saturated heterocycles. The Morgan fingerprint density at radius 2 is 2.33 bits per heavy atom. The predicted molar refractivity (Wildman–Crippen MR) is 62.1 cm³/mol. The van der Waals surface area contributed by atoms with E-state index in [0.717, 1.165) is 0 Å². The molecule has 0 saturated carbocycles. The third kappa shape index (κ3) is 2.73. The molecule has 0 fully saturated rings. The number of aromatic nitrogens is 3. The van der Waals surface area contributed by atoms with E-state index in [1.54, 1.807) is 0 Å². The minimum atomic E-state index is -1.06. The number of nitrogen functional groups attached to an aromatic ring is 1. The number of nitrogens with two attached hydrogens (primary N) is 1. The minimum Gasteiger partial charge on any atom is -0.478 e. The number of carboxylic acid groups (broad SMARTS) is 1. The Morgan fingerprint density at radius 3 is 2.94 bits per heavy atom. The smallest absolute Gasteiger partial charge is 0.337 e. The first-order valence-electron chi connectivity index (χ1n) is 5.15. The van der Waals surface area contributed by atoms with Crippen LogP contribution in [0.3, 0.4) is 0 Å². The highest BCUT2D eigenvalue weighted by Gasteiger charge is 2.07. The quantitative estimate of drug-likeness (QED) is 0.694. The molecule has 2 rings (SSSR count). The molecule has 0 radical (unpaired) electrons. The molecule has 0 aromatic carbocycles. The summed E-state index contributed by atoms with van der Waals surface area (Å²) in [7, 11) is 0. The van der Waals surface area contributed by atoms with Crippen molar-refractivity contribution in [3.63, 3.8) is 0 Å². The van der Waals surface area contributed by atoms with Crippen LogP contribution >= 0.6 is 0 Å². The molecule has 94 valence electrons. The largest absolute Gasteiger partial charge is 0.478 e. The summed E-state index contributed by atoms with van der Waals surface area (Å²) in [5, 5.41) is 15.2. The second-order valence-corrected chi connectivity index (χ2v) is 3.48. The van der Waals surface area contributed by atoms with Gasteiger partial charge >= 0.3 is 5.97 Å². The Labute approximate surface area is 102 Å². The standard InChI is InChI=1S/C10H11N5O3/c11-7-3-6(10(16)17)4-13-9(7)12-2-1-8-14-5-15-18-8/h3-5H,1-2,11H2,(H,12,13)(H,16,17). The normalized spacial score (nSPS) is 10.2. The number of anilines is 2. The molecule has 0 aliphatic carbocycles. The number of nitrogens with one attached hydrogen (secondary N) is 1. The van der Waals surface area contributed by atoms with Gasteiger partial charge in [0, 0.05) is 19.2 Å². The Bertz CT molecular complexity index is 540. The van der Waals surface area contributed by atoms with Crippen molar-refractivity contribution >= 4 is 17.5 Å². The van der Waals surface area contributed by atoms with Gasteiger partial charge in [0.25, 0.3) is 0 Å². The topological polar surface area (TPSA) is 127 Å². The number of carbonyl (C=O) groups is 1. The van der Waals surface area contributed by atoms with Crippen molar-refractivity contribution in [2.24, 2.45) is 0 Å². The number of nitrogens with zero attached hydrogens (tertiary/aromatic N) is 3. The van der Waals surface area contributed by atoms with Crippen molar-refractivity contribution in [1.82, 2.24) is 15.1 Å². The Kier molecular flexibility index (Phi) is 3.37. The zero-order valence-electron chi connectivity index (χ0n) is 9.33. The van der Waals surface area contributed by atoms with E-state index >= 15 is 0 Å². The molecule has 0 aliphatic heterocycles. The SMILES string of the molecule is Nc1cc(C(=O)O)cnc1NCCc1ncno1. The van der Waals surface area contributed by atoms with Gasteiger partial charge in [0.05, 0.1) is 11.3 Å². The van der Waals surface area contributed by atoms with E-state index in [4.69, 9.17) is 15.4 Å². The lowest BCUT2D eigenvalue weighted by Crippen LogP contribution is -2.10. The van der Waals surface area contributed by atoms with E-state index < -0.39 is 5.97 Å². The second-order valence-electron chi connectivity index (χ2n) is 3.48. The van der Waals surface area contributed by atoms with Gasteiger partial charge in [-0.25, -0.2) is 9.78 Å². The Hall–Kier alpha value is -2.64. The number of carboxylic acids is 1. The summed E-state index contributed by atoms with van der Waals surface area (Å²) in [5.41, 5.74) is 6.01. The van der Waals surface area contributed by atoms with Crippen molar-refractivity contribution in [2.75, 3.05) is 17.6 Å². The van der Waals surface area contributed by atoms with Crippen LogP contribution in [0.15, 0.2) is 23.1 Å². The zero-order chi connectivity index (χ0) is 13.0. The second kappa shape index (κ2) is 5.13. The highest BCUT2D eigenvalue weighted by molar-refractivity contribution is 5.89. The van der Waals surface area contributed by atoms with Gasteiger partial charge in [-0.1, -0.05) is 5.16 Å². The highest BCUT2D eigenvalue weighted by atomic mass is 16.5. The van der Waals surface area contributed by atoms with Gasteiger partial charge in [0.1, 0.15) is 5.82 Å². The summed E-state index contributed by atoms with van der Waals surface area (Å²) < 4.78 is 4.82. The van der Waals surface area contributed by atoms with Crippen molar-refractivity contribution in [1.29, 1.82) is 0 Å². The lowest BCUT2D eigenvalue weighted by Gasteiger charge is -2.07. The Balaban J connectivity index is 1.95. The first-order chi connectivity index (χ1) is 8.66. The van der Waals surface area contributed by atoms with Crippen molar-refractivity contribution in [3.8, 4) is 0 Å². The fourth-order valence-electron chi connectivity index (χ4n) is 1.34. The summed E-state index contributed by atoms with van der Waals surface area (Å²) in [6.07, 6.45) is 3.10. The first-order valence-corrected chi connectivity index (χ1v) is 5.15. The summed E-state index contributed by atoms with van der Waals surface area (Å²) in [6.45, 7) is 0.506. The average Bonchev–Trinajstić information content (AvgIpc) is 2.84. The molecule has 4 N–H and O–H groups in total. The number of aromatic carboxylic acids is 1. The molecular formula is C10H11N5O3. The van der Waals surface area contributed by atoms with Gasteiger partial charge in [-0.2, -0.15) is 4.98 Å². The summed E-state index contributed by atoms with van der Waals surface area (Å²) in [5.74, 6) is -0.130. The summed E-state index contributed by atoms with van der Waals surface area (Å²) in [4.78, 5) is 18.5. The van der Waals surface area contributed by atoms with Gasteiger partial charge in [0.15, 0.2) is 6.33 Å². The molecule has 8 heteroatoms. The maximum atomic E-state index is 10.7. The monoisotopic (exact) mass is 249 g/mol. The zero-order valence-corrected chi connectivity index (χ0v) is 9.33. The van der Waals surface area contributed by atoms with Crippen LogP contribution in [0.2, 0.25) is 0 Å². The van der Waals surface area contributed by atoms with Crippen LogP contribution < -0.4 is 11.1 Å². The average molecular weight is 249 g/mol. The number of hydrogen-bond donors (Lipinski definition) is 3. The summed E-state index contributed by atoms with van der Waals surface area (Å²) in [6, 6.07) is 1.35. The van der Waals surface area contributed by atoms with Crippen LogP contribution in [0, 0.1) is 0 Å².